The highest BCUT2D eigenvalue weighted by Gasteiger charge is 2.10. The third-order valence-corrected chi connectivity index (χ3v) is 3.75. The van der Waals surface area contributed by atoms with Crippen molar-refractivity contribution in [2.24, 2.45) is 0 Å². The third-order valence-electron chi connectivity index (χ3n) is 3.75. The Balaban J connectivity index is 1.79. The van der Waals surface area contributed by atoms with Crippen molar-refractivity contribution in [1.29, 1.82) is 0 Å². The highest BCUT2D eigenvalue weighted by Crippen LogP contribution is 2.16. The first-order valence-corrected chi connectivity index (χ1v) is 7.06. The van der Waals surface area contributed by atoms with E-state index in [0.29, 0.717) is 6.54 Å². The normalized spacial score (nSPS) is 12.7. The van der Waals surface area contributed by atoms with Gasteiger partial charge in [-0.15, -0.1) is 0 Å². The van der Waals surface area contributed by atoms with Crippen LogP contribution in [0.3, 0.4) is 0 Å². The molecule has 0 radical (unpaired) electrons. The summed E-state index contributed by atoms with van der Waals surface area (Å²) in [4.78, 5) is 4.54. The van der Waals surface area contributed by atoms with Crippen molar-refractivity contribution in [1.82, 2.24) is 14.7 Å². The van der Waals surface area contributed by atoms with E-state index in [2.05, 4.69) is 14.7 Å². The van der Waals surface area contributed by atoms with Gasteiger partial charge >= 0.3 is 0 Å². The highest BCUT2D eigenvalue weighted by atomic mass is 19.1. The summed E-state index contributed by atoms with van der Waals surface area (Å²) < 4.78 is 15.4. The maximum Gasteiger partial charge on any atom is 0.137 e. The van der Waals surface area contributed by atoms with Gasteiger partial charge in [-0.3, -0.25) is 0 Å². The maximum atomic E-state index is 13.3. The van der Waals surface area contributed by atoms with E-state index in [-0.39, 0.29) is 11.9 Å². The van der Waals surface area contributed by atoms with Crippen LogP contribution in [0.1, 0.15) is 29.9 Å². The molecule has 3 rings (SSSR count). The number of pyridine rings is 1. The summed E-state index contributed by atoms with van der Waals surface area (Å²) in [5, 5.41) is 3.43. The van der Waals surface area contributed by atoms with E-state index in [9.17, 15) is 4.39 Å². The number of imidazole rings is 1. The molecule has 0 bridgehead atoms. The van der Waals surface area contributed by atoms with Crippen molar-refractivity contribution in [3.8, 4) is 0 Å². The maximum absolute atomic E-state index is 13.3. The molecule has 0 saturated heterocycles. The van der Waals surface area contributed by atoms with E-state index in [0.717, 1.165) is 22.6 Å². The van der Waals surface area contributed by atoms with Gasteiger partial charge in [-0.1, -0.05) is 18.2 Å². The zero-order valence-corrected chi connectivity index (χ0v) is 12.2. The summed E-state index contributed by atoms with van der Waals surface area (Å²) in [5.74, 6) is -0.202. The van der Waals surface area contributed by atoms with Crippen molar-refractivity contribution < 1.29 is 4.39 Å². The first kappa shape index (κ1) is 13.8. The SMILES string of the molecule is Cc1nc2ccccn2c1CN[C@@H](C)c1cccc(F)c1. The lowest BCUT2D eigenvalue weighted by atomic mass is 10.1. The average molecular weight is 283 g/mol. The van der Waals surface area contributed by atoms with Crippen LogP contribution < -0.4 is 5.32 Å². The highest BCUT2D eigenvalue weighted by molar-refractivity contribution is 5.42. The van der Waals surface area contributed by atoms with E-state index < -0.39 is 0 Å². The third kappa shape index (κ3) is 2.81. The van der Waals surface area contributed by atoms with Crippen LogP contribution in [0, 0.1) is 12.7 Å². The molecule has 108 valence electrons. The summed E-state index contributed by atoms with van der Waals surface area (Å²) in [7, 11) is 0. The molecule has 1 N–H and O–H groups in total. The Labute approximate surface area is 123 Å². The molecule has 0 spiro atoms. The Kier molecular flexibility index (Phi) is 3.71. The van der Waals surface area contributed by atoms with E-state index in [1.54, 1.807) is 12.1 Å². The van der Waals surface area contributed by atoms with Crippen LogP contribution in [-0.2, 0) is 6.54 Å². The molecule has 1 atom stereocenters. The van der Waals surface area contributed by atoms with Gasteiger partial charge in [-0.25, -0.2) is 9.37 Å². The Hall–Kier alpha value is -2.20. The van der Waals surface area contributed by atoms with Crippen LogP contribution >= 0.6 is 0 Å². The van der Waals surface area contributed by atoms with Crippen LogP contribution in [0.5, 0.6) is 0 Å². The summed E-state index contributed by atoms with van der Waals surface area (Å²) in [6.07, 6.45) is 2.01. The molecule has 0 amide bonds. The van der Waals surface area contributed by atoms with Gasteiger partial charge in [0.2, 0.25) is 0 Å². The number of rotatable bonds is 4. The zero-order valence-electron chi connectivity index (χ0n) is 12.2. The lowest BCUT2D eigenvalue weighted by molar-refractivity contribution is 0.556. The van der Waals surface area contributed by atoms with E-state index in [1.165, 1.54) is 6.07 Å². The first-order chi connectivity index (χ1) is 10.1. The summed E-state index contributed by atoms with van der Waals surface area (Å²) in [6, 6.07) is 12.7. The van der Waals surface area contributed by atoms with Crippen molar-refractivity contribution >= 4 is 5.65 Å². The molecule has 0 fully saturated rings. The van der Waals surface area contributed by atoms with Crippen molar-refractivity contribution in [3.05, 3.63) is 71.4 Å². The summed E-state index contributed by atoms with van der Waals surface area (Å²) in [6.45, 7) is 4.74. The second kappa shape index (κ2) is 5.66. The monoisotopic (exact) mass is 283 g/mol. The molecule has 0 unspecified atom stereocenters. The number of fused-ring (bicyclic) bond motifs is 1. The summed E-state index contributed by atoms with van der Waals surface area (Å²) >= 11 is 0. The number of halogens is 1. The van der Waals surface area contributed by atoms with Crippen molar-refractivity contribution in [2.45, 2.75) is 26.4 Å². The molecule has 2 heterocycles. The molecule has 3 aromatic rings. The van der Waals surface area contributed by atoms with Crippen LogP contribution in [0.25, 0.3) is 5.65 Å². The molecule has 0 aliphatic heterocycles. The molecule has 4 heteroatoms. The molecule has 2 aromatic heterocycles. The van der Waals surface area contributed by atoms with E-state index in [4.69, 9.17) is 0 Å². The quantitative estimate of drug-likeness (QED) is 0.792. The van der Waals surface area contributed by atoms with Crippen molar-refractivity contribution in [2.75, 3.05) is 0 Å². The van der Waals surface area contributed by atoms with Gasteiger partial charge in [0, 0.05) is 18.8 Å². The molecule has 0 aliphatic carbocycles. The van der Waals surface area contributed by atoms with Gasteiger partial charge in [0.15, 0.2) is 0 Å². The van der Waals surface area contributed by atoms with Gasteiger partial charge in [-0.05, 0) is 43.7 Å². The zero-order chi connectivity index (χ0) is 14.8. The molecule has 21 heavy (non-hydrogen) atoms. The molecular weight excluding hydrogens is 265 g/mol. The predicted octanol–water partition coefficient (Wildman–Crippen LogP) is 3.63. The predicted molar refractivity (Wildman–Crippen MR) is 81.6 cm³/mol. The number of nitrogens with zero attached hydrogens (tertiary/aromatic N) is 2. The fourth-order valence-electron chi connectivity index (χ4n) is 2.52. The number of hydrogen-bond acceptors (Lipinski definition) is 2. The van der Waals surface area contributed by atoms with Gasteiger partial charge in [0.25, 0.3) is 0 Å². The minimum absolute atomic E-state index is 0.0781. The number of aromatic nitrogens is 2. The van der Waals surface area contributed by atoms with Crippen LogP contribution in [0.2, 0.25) is 0 Å². The number of hydrogen-bond donors (Lipinski definition) is 1. The topological polar surface area (TPSA) is 29.3 Å². The molecular formula is C17H18FN3. The molecule has 3 nitrogen and oxygen atoms in total. The second-order valence-electron chi connectivity index (χ2n) is 5.23. The van der Waals surface area contributed by atoms with Crippen molar-refractivity contribution in [3.63, 3.8) is 0 Å². The lowest BCUT2D eigenvalue weighted by Crippen LogP contribution is -2.19. The molecule has 1 aromatic carbocycles. The Morgan fingerprint density at radius 2 is 2.10 bits per heavy atom. The minimum Gasteiger partial charge on any atom is -0.305 e. The second-order valence-corrected chi connectivity index (χ2v) is 5.23. The van der Waals surface area contributed by atoms with Crippen LogP contribution in [-0.4, -0.2) is 9.38 Å². The lowest BCUT2D eigenvalue weighted by Gasteiger charge is -2.14. The Morgan fingerprint density at radius 3 is 2.90 bits per heavy atom. The smallest absolute Gasteiger partial charge is 0.137 e. The van der Waals surface area contributed by atoms with Gasteiger partial charge in [0.1, 0.15) is 11.5 Å². The fourth-order valence-corrected chi connectivity index (χ4v) is 2.52. The van der Waals surface area contributed by atoms with Crippen LogP contribution in [0.15, 0.2) is 48.7 Å². The van der Waals surface area contributed by atoms with E-state index >= 15 is 0 Å². The fraction of sp³-hybridized carbons (Fsp3) is 0.235. The summed E-state index contributed by atoms with van der Waals surface area (Å²) in [5.41, 5.74) is 4.04. The number of benzene rings is 1. The average Bonchev–Trinajstić information content (AvgIpc) is 2.80. The van der Waals surface area contributed by atoms with E-state index in [1.807, 2.05) is 44.3 Å². The Morgan fingerprint density at radius 1 is 1.24 bits per heavy atom. The minimum atomic E-state index is -0.202. The number of aryl methyl sites for hydroxylation is 1. The first-order valence-electron chi connectivity index (χ1n) is 7.06. The molecule has 0 saturated carbocycles. The van der Waals surface area contributed by atoms with Gasteiger partial charge in [-0.2, -0.15) is 0 Å². The number of nitrogens with one attached hydrogen (secondary N) is 1. The largest absolute Gasteiger partial charge is 0.305 e. The Bertz CT molecular complexity index is 764. The van der Waals surface area contributed by atoms with Gasteiger partial charge in [0.05, 0.1) is 11.4 Å². The standard InChI is InChI=1S/C17H18FN3/c1-12(14-6-5-7-15(18)10-14)19-11-16-13(2)20-17-8-3-4-9-21(16)17/h3-10,12,19H,11H2,1-2H3/t12-/m0/s1. The van der Waals surface area contributed by atoms with Gasteiger partial charge < -0.3 is 9.72 Å². The molecule has 0 aliphatic rings. The van der Waals surface area contributed by atoms with Crippen LogP contribution in [0.4, 0.5) is 4.39 Å².